The minimum Gasteiger partial charge on any atom is -0.303 e. The van der Waals surface area contributed by atoms with Gasteiger partial charge >= 0.3 is 0 Å². The lowest BCUT2D eigenvalue weighted by Crippen LogP contribution is -1.98. The summed E-state index contributed by atoms with van der Waals surface area (Å²) in [5.41, 5.74) is 0.962. The fourth-order valence-corrected chi connectivity index (χ4v) is 1.27. The van der Waals surface area contributed by atoms with E-state index in [1.807, 2.05) is 37.3 Å². The molecule has 0 spiro atoms. The van der Waals surface area contributed by atoms with Crippen LogP contribution in [0.15, 0.2) is 30.3 Å². The summed E-state index contributed by atoms with van der Waals surface area (Å²) in [7, 11) is 0. The molecule has 1 aromatic rings. The van der Waals surface area contributed by atoms with Crippen LogP contribution in [0.5, 0.6) is 0 Å². The van der Waals surface area contributed by atoms with Crippen molar-refractivity contribution in [1.29, 1.82) is 0 Å². The number of carbonyl (C=O) groups excluding carboxylic acids is 1. The van der Waals surface area contributed by atoms with Crippen LogP contribution in [0.3, 0.4) is 0 Å². The molecule has 0 heterocycles. The quantitative estimate of drug-likeness (QED) is 0.624. The second kappa shape index (κ2) is 4.70. The van der Waals surface area contributed by atoms with Gasteiger partial charge in [0.1, 0.15) is 7.63 Å². The first-order chi connectivity index (χ1) is 6.25. The van der Waals surface area contributed by atoms with Crippen molar-refractivity contribution >= 4 is 6.26 Å². The SMILES string of the molecule is [2H]C(=O)C(CCC)c1ccccc1. The Morgan fingerprint density at radius 2 is 2.17 bits per heavy atom. The number of hydrogen-bond donors (Lipinski definition) is 0. The molecule has 1 aromatic carbocycles. The van der Waals surface area contributed by atoms with Gasteiger partial charge < -0.3 is 4.79 Å². The van der Waals surface area contributed by atoms with Gasteiger partial charge in [-0.15, -0.1) is 0 Å². The highest BCUT2D eigenvalue weighted by molar-refractivity contribution is 5.61. The molecule has 1 rings (SSSR count). The highest BCUT2D eigenvalue weighted by atomic mass is 16.1. The Morgan fingerprint density at radius 3 is 2.67 bits per heavy atom. The summed E-state index contributed by atoms with van der Waals surface area (Å²) in [6, 6.07) is 9.54. The Bertz CT molecular complexity index is 269. The number of aldehydes is 1. The second-order valence-corrected chi connectivity index (χ2v) is 2.87. The Kier molecular flexibility index (Phi) is 2.95. The summed E-state index contributed by atoms with van der Waals surface area (Å²) in [6.07, 6.45) is 1.23. The van der Waals surface area contributed by atoms with Crippen molar-refractivity contribution in [1.82, 2.24) is 0 Å². The van der Waals surface area contributed by atoms with Gasteiger partial charge in [-0.2, -0.15) is 0 Å². The fourth-order valence-electron chi connectivity index (χ4n) is 1.27. The summed E-state index contributed by atoms with van der Waals surface area (Å²) >= 11 is 0. The molecule has 1 atom stereocenters. The molecule has 0 aliphatic carbocycles. The zero-order valence-electron chi connectivity index (χ0n) is 8.29. The third-order valence-corrected chi connectivity index (χ3v) is 1.92. The smallest absolute Gasteiger partial charge is 0.127 e. The predicted molar refractivity (Wildman–Crippen MR) is 50.2 cm³/mol. The molecule has 0 saturated carbocycles. The Labute approximate surface area is 74.8 Å². The minimum atomic E-state index is -0.479. The molecule has 12 heavy (non-hydrogen) atoms. The van der Waals surface area contributed by atoms with Crippen LogP contribution >= 0.6 is 0 Å². The van der Waals surface area contributed by atoms with Crippen LogP contribution in [-0.4, -0.2) is 6.26 Å². The van der Waals surface area contributed by atoms with Crippen LogP contribution in [-0.2, 0) is 4.79 Å². The van der Waals surface area contributed by atoms with Crippen molar-refractivity contribution in [3.63, 3.8) is 0 Å². The average molecular weight is 163 g/mol. The fraction of sp³-hybridized carbons (Fsp3) is 0.364. The highest BCUT2D eigenvalue weighted by Crippen LogP contribution is 2.17. The first-order valence-corrected chi connectivity index (χ1v) is 4.31. The van der Waals surface area contributed by atoms with Crippen LogP contribution in [0.4, 0.5) is 0 Å². The number of carbonyl (C=O) groups is 1. The van der Waals surface area contributed by atoms with Gasteiger partial charge in [0.15, 0.2) is 0 Å². The summed E-state index contributed by atoms with van der Waals surface area (Å²) in [4.78, 5) is 11.0. The van der Waals surface area contributed by atoms with Gasteiger partial charge in [0, 0.05) is 5.92 Å². The van der Waals surface area contributed by atoms with Gasteiger partial charge in [0.05, 0.1) is 0 Å². The molecular formula is C11H14O. The molecule has 0 aliphatic heterocycles. The van der Waals surface area contributed by atoms with Gasteiger partial charge in [-0.3, -0.25) is 0 Å². The molecule has 1 nitrogen and oxygen atoms in total. The van der Waals surface area contributed by atoms with E-state index in [4.69, 9.17) is 1.37 Å². The summed E-state index contributed by atoms with van der Waals surface area (Å²) in [5.74, 6) is -0.230. The molecule has 64 valence electrons. The lowest BCUT2D eigenvalue weighted by atomic mass is 9.96. The largest absolute Gasteiger partial charge is 0.303 e. The lowest BCUT2D eigenvalue weighted by Gasteiger charge is -2.07. The van der Waals surface area contributed by atoms with Crippen molar-refractivity contribution in [2.75, 3.05) is 0 Å². The first-order valence-electron chi connectivity index (χ1n) is 4.81. The van der Waals surface area contributed by atoms with E-state index in [2.05, 4.69) is 0 Å². The molecule has 0 amide bonds. The third kappa shape index (κ3) is 2.19. The van der Waals surface area contributed by atoms with E-state index in [0.29, 0.717) is 0 Å². The molecule has 0 bridgehead atoms. The highest BCUT2D eigenvalue weighted by Gasteiger charge is 2.07. The summed E-state index contributed by atoms with van der Waals surface area (Å²) < 4.78 is 7.14. The number of hydrogen-bond acceptors (Lipinski definition) is 1. The van der Waals surface area contributed by atoms with Crippen LogP contribution in [0, 0.1) is 0 Å². The Balaban J connectivity index is 2.82. The zero-order chi connectivity index (χ0) is 9.68. The zero-order valence-corrected chi connectivity index (χ0v) is 7.29. The van der Waals surface area contributed by atoms with E-state index in [-0.39, 0.29) is 5.92 Å². The molecule has 0 N–H and O–H groups in total. The van der Waals surface area contributed by atoms with E-state index in [1.165, 1.54) is 0 Å². The van der Waals surface area contributed by atoms with E-state index >= 15 is 0 Å². The van der Waals surface area contributed by atoms with Crippen LogP contribution in [0.2, 0.25) is 0 Å². The average Bonchev–Trinajstić information content (AvgIpc) is 2.15. The first kappa shape index (κ1) is 7.53. The second-order valence-electron chi connectivity index (χ2n) is 2.87. The number of benzene rings is 1. The normalized spacial score (nSPS) is 13.6. The minimum absolute atomic E-state index is 0.230. The van der Waals surface area contributed by atoms with Crippen molar-refractivity contribution in [2.24, 2.45) is 0 Å². The molecule has 0 radical (unpaired) electrons. The topological polar surface area (TPSA) is 17.1 Å². The molecule has 1 unspecified atom stereocenters. The van der Waals surface area contributed by atoms with E-state index < -0.39 is 6.26 Å². The van der Waals surface area contributed by atoms with Crippen molar-refractivity contribution < 1.29 is 6.17 Å². The standard InChI is InChI=1S/C11H14O/c1-2-6-11(9-12)10-7-4-3-5-8-10/h3-5,7-9,11H,2,6H2,1H3/i9D. The maximum absolute atomic E-state index is 11.0. The van der Waals surface area contributed by atoms with Gasteiger partial charge in [-0.1, -0.05) is 43.7 Å². The Morgan fingerprint density at radius 1 is 1.50 bits per heavy atom. The Hall–Kier alpha value is -1.11. The summed E-state index contributed by atoms with van der Waals surface area (Å²) in [6.45, 7) is 2.03. The lowest BCUT2D eigenvalue weighted by molar-refractivity contribution is -0.109. The maximum Gasteiger partial charge on any atom is 0.127 e. The van der Waals surface area contributed by atoms with E-state index in [1.54, 1.807) is 0 Å². The van der Waals surface area contributed by atoms with E-state index in [0.717, 1.165) is 18.4 Å². The molecule has 0 aromatic heterocycles. The monoisotopic (exact) mass is 163 g/mol. The molecule has 0 fully saturated rings. The number of rotatable bonds is 4. The van der Waals surface area contributed by atoms with Gasteiger partial charge in [-0.25, -0.2) is 0 Å². The van der Waals surface area contributed by atoms with Crippen molar-refractivity contribution in [3.05, 3.63) is 35.9 Å². The van der Waals surface area contributed by atoms with Gasteiger partial charge in [-0.05, 0) is 12.0 Å². The summed E-state index contributed by atoms with van der Waals surface area (Å²) in [5, 5.41) is 0. The third-order valence-electron chi connectivity index (χ3n) is 1.92. The van der Waals surface area contributed by atoms with Crippen LogP contribution < -0.4 is 0 Å². The van der Waals surface area contributed by atoms with Crippen molar-refractivity contribution in [2.45, 2.75) is 25.7 Å². The molecule has 1 heteroatoms. The van der Waals surface area contributed by atoms with E-state index in [9.17, 15) is 4.79 Å². The molecule has 0 aliphatic rings. The van der Waals surface area contributed by atoms with Crippen molar-refractivity contribution in [3.8, 4) is 0 Å². The van der Waals surface area contributed by atoms with Crippen LogP contribution in [0.25, 0.3) is 0 Å². The van der Waals surface area contributed by atoms with Crippen LogP contribution in [0.1, 0.15) is 32.6 Å². The molecular weight excluding hydrogens is 148 g/mol. The van der Waals surface area contributed by atoms with Gasteiger partial charge in [0.25, 0.3) is 0 Å². The maximum atomic E-state index is 11.0. The van der Waals surface area contributed by atoms with Gasteiger partial charge in [0.2, 0.25) is 0 Å². The molecule has 0 saturated heterocycles. The predicted octanol–water partition coefficient (Wildman–Crippen LogP) is 2.77.